The molecule has 0 saturated heterocycles. The predicted molar refractivity (Wildman–Crippen MR) is 79.5 cm³/mol. The van der Waals surface area contributed by atoms with E-state index < -0.39 is 5.97 Å². The van der Waals surface area contributed by atoms with Crippen LogP contribution in [0.25, 0.3) is 0 Å². The molecule has 0 spiro atoms. The molecule has 3 heteroatoms. The van der Waals surface area contributed by atoms with Gasteiger partial charge in [0.05, 0.1) is 5.92 Å². The number of benzene rings is 1. The highest BCUT2D eigenvalue weighted by atomic mass is 35.5. The average Bonchev–Trinajstić information content (AvgIpc) is 2.29. The topological polar surface area (TPSA) is 37.3 Å². The van der Waals surface area contributed by atoms with Crippen molar-refractivity contribution in [3.05, 3.63) is 34.9 Å². The Balaban J connectivity index is 2.69. The van der Waals surface area contributed by atoms with Crippen molar-refractivity contribution >= 4 is 17.6 Å². The van der Waals surface area contributed by atoms with E-state index in [0.717, 1.165) is 12.0 Å². The molecule has 1 N–H and O–H groups in total. The molecule has 0 aromatic heterocycles. The van der Waals surface area contributed by atoms with Crippen molar-refractivity contribution in [1.82, 2.24) is 0 Å². The van der Waals surface area contributed by atoms with Gasteiger partial charge in [-0.1, -0.05) is 50.6 Å². The first-order valence-corrected chi connectivity index (χ1v) is 7.24. The minimum atomic E-state index is -0.726. The number of halogens is 1. The fraction of sp³-hybridized carbons (Fsp3) is 0.562. The van der Waals surface area contributed by atoms with Crippen LogP contribution in [0.15, 0.2) is 24.3 Å². The second kappa shape index (κ2) is 7.54. The molecule has 2 nitrogen and oxygen atoms in total. The molecule has 1 rings (SSSR count). The van der Waals surface area contributed by atoms with Crippen molar-refractivity contribution in [1.29, 1.82) is 0 Å². The van der Waals surface area contributed by atoms with Crippen LogP contribution in [-0.2, 0) is 11.2 Å². The van der Waals surface area contributed by atoms with Crippen LogP contribution in [0.5, 0.6) is 0 Å². The van der Waals surface area contributed by atoms with Gasteiger partial charge in [0.2, 0.25) is 0 Å². The van der Waals surface area contributed by atoms with E-state index in [0.29, 0.717) is 29.7 Å². The minimum absolute atomic E-state index is 0.353. The second-order valence-electron chi connectivity index (χ2n) is 5.80. The highest BCUT2D eigenvalue weighted by molar-refractivity contribution is 6.31. The van der Waals surface area contributed by atoms with Crippen molar-refractivity contribution in [3.63, 3.8) is 0 Å². The van der Waals surface area contributed by atoms with Gasteiger partial charge < -0.3 is 5.11 Å². The number of carboxylic acid groups (broad SMARTS) is 1. The van der Waals surface area contributed by atoms with Crippen molar-refractivity contribution in [2.24, 2.45) is 17.8 Å². The second-order valence-corrected chi connectivity index (χ2v) is 6.21. The molecule has 1 aromatic rings. The molecule has 0 heterocycles. The zero-order valence-corrected chi connectivity index (χ0v) is 12.7. The minimum Gasteiger partial charge on any atom is -0.481 e. The third kappa shape index (κ3) is 5.65. The molecule has 0 saturated carbocycles. The maximum atomic E-state index is 11.4. The van der Waals surface area contributed by atoms with Crippen LogP contribution in [0, 0.1) is 17.8 Å². The number of rotatable bonds is 7. The van der Waals surface area contributed by atoms with Crippen LogP contribution in [0.1, 0.15) is 39.2 Å². The van der Waals surface area contributed by atoms with Gasteiger partial charge in [-0.2, -0.15) is 0 Å². The van der Waals surface area contributed by atoms with Crippen molar-refractivity contribution < 1.29 is 9.90 Å². The summed E-state index contributed by atoms with van der Waals surface area (Å²) in [6, 6.07) is 7.49. The van der Waals surface area contributed by atoms with Crippen LogP contribution in [0.4, 0.5) is 0 Å². The van der Waals surface area contributed by atoms with E-state index in [1.807, 2.05) is 24.3 Å². The smallest absolute Gasteiger partial charge is 0.306 e. The zero-order valence-electron chi connectivity index (χ0n) is 11.9. The standard InChI is InChI=1S/C16H23ClO2/c1-11(2)8-12(3)9-14(16(18)19)10-13-6-4-5-7-15(13)17/h4-7,11-12,14H,8-10H2,1-3H3,(H,18,19). The molecular formula is C16H23ClO2. The first-order chi connectivity index (χ1) is 8.90. The Kier molecular flexibility index (Phi) is 6.36. The maximum Gasteiger partial charge on any atom is 0.306 e. The molecule has 0 aliphatic carbocycles. The van der Waals surface area contributed by atoms with Gasteiger partial charge in [0.15, 0.2) is 0 Å². The molecule has 0 amide bonds. The van der Waals surface area contributed by atoms with E-state index >= 15 is 0 Å². The Labute approximate surface area is 120 Å². The highest BCUT2D eigenvalue weighted by Crippen LogP contribution is 2.25. The molecule has 2 atom stereocenters. The van der Waals surface area contributed by atoms with Gasteiger partial charge in [-0.3, -0.25) is 4.79 Å². The summed E-state index contributed by atoms with van der Waals surface area (Å²) in [6.45, 7) is 6.46. The van der Waals surface area contributed by atoms with Crippen LogP contribution in [0.3, 0.4) is 0 Å². The normalized spacial score (nSPS) is 14.4. The fourth-order valence-corrected chi connectivity index (χ4v) is 2.80. The quantitative estimate of drug-likeness (QED) is 0.790. The summed E-state index contributed by atoms with van der Waals surface area (Å²) in [5.74, 6) is -0.0579. The van der Waals surface area contributed by atoms with E-state index in [9.17, 15) is 9.90 Å². The molecule has 0 radical (unpaired) electrons. The van der Waals surface area contributed by atoms with E-state index in [4.69, 9.17) is 11.6 Å². The van der Waals surface area contributed by atoms with Gasteiger partial charge in [0.25, 0.3) is 0 Å². The van der Waals surface area contributed by atoms with Gasteiger partial charge in [0, 0.05) is 5.02 Å². The largest absolute Gasteiger partial charge is 0.481 e. The van der Waals surface area contributed by atoms with Gasteiger partial charge in [0.1, 0.15) is 0 Å². The van der Waals surface area contributed by atoms with Crippen LogP contribution in [0.2, 0.25) is 5.02 Å². The Morgan fingerprint density at radius 2 is 1.84 bits per heavy atom. The molecule has 19 heavy (non-hydrogen) atoms. The van der Waals surface area contributed by atoms with Gasteiger partial charge in [-0.25, -0.2) is 0 Å². The van der Waals surface area contributed by atoms with Crippen molar-refractivity contribution in [3.8, 4) is 0 Å². The molecule has 0 aliphatic heterocycles. The number of hydrogen-bond acceptors (Lipinski definition) is 1. The van der Waals surface area contributed by atoms with Crippen LogP contribution in [-0.4, -0.2) is 11.1 Å². The lowest BCUT2D eigenvalue weighted by Crippen LogP contribution is -2.20. The van der Waals surface area contributed by atoms with Gasteiger partial charge in [-0.05, 0) is 42.7 Å². The average molecular weight is 283 g/mol. The molecular weight excluding hydrogens is 260 g/mol. The SMILES string of the molecule is CC(C)CC(C)CC(Cc1ccccc1Cl)C(=O)O. The van der Waals surface area contributed by atoms with Crippen molar-refractivity contribution in [2.75, 3.05) is 0 Å². The number of carbonyl (C=O) groups is 1. The van der Waals surface area contributed by atoms with E-state index in [1.165, 1.54) is 0 Å². The fourth-order valence-electron chi connectivity index (χ4n) is 2.59. The number of aliphatic carboxylic acids is 1. The lowest BCUT2D eigenvalue weighted by Gasteiger charge is -2.19. The first-order valence-electron chi connectivity index (χ1n) is 6.86. The molecule has 0 aliphatic rings. The van der Waals surface area contributed by atoms with Crippen molar-refractivity contribution in [2.45, 2.75) is 40.0 Å². The van der Waals surface area contributed by atoms with Crippen LogP contribution >= 0.6 is 11.6 Å². The summed E-state index contributed by atoms with van der Waals surface area (Å²) in [5, 5.41) is 10.0. The first kappa shape index (κ1) is 16.0. The summed E-state index contributed by atoms with van der Waals surface area (Å²) in [5.41, 5.74) is 0.924. The Bertz CT molecular complexity index is 415. The lowest BCUT2D eigenvalue weighted by molar-refractivity contribution is -0.142. The summed E-state index contributed by atoms with van der Waals surface area (Å²) in [6.07, 6.45) is 2.28. The van der Waals surface area contributed by atoms with E-state index in [1.54, 1.807) is 0 Å². The highest BCUT2D eigenvalue weighted by Gasteiger charge is 2.22. The molecule has 0 bridgehead atoms. The Hall–Kier alpha value is -1.02. The molecule has 1 aromatic carbocycles. The summed E-state index contributed by atoms with van der Waals surface area (Å²) in [7, 11) is 0. The van der Waals surface area contributed by atoms with E-state index in [-0.39, 0.29) is 5.92 Å². The van der Waals surface area contributed by atoms with E-state index in [2.05, 4.69) is 20.8 Å². The number of hydrogen-bond donors (Lipinski definition) is 1. The van der Waals surface area contributed by atoms with Gasteiger partial charge in [-0.15, -0.1) is 0 Å². The lowest BCUT2D eigenvalue weighted by atomic mass is 9.86. The number of carboxylic acids is 1. The monoisotopic (exact) mass is 282 g/mol. The molecule has 106 valence electrons. The third-order valence-corrected chi connectivity index (χ3v) is 3.70. The van der Waals surface area contributed by atoms with Gasteiger partial charge >= 0.3 is 5.97 Å². The third-order valence-electron chi connectivity index (χ3n) is 3.33. The maximum absolute atomic E-state index is 11.4. The summed E-state index contributed by atoms with van der Waals surface area (Å²) in [4.78, 5) is 11.4. The molecule has 2 unspecified atom stereocenters. The predicted octanol–water partition coefficient (Wildman–Crippen LogP) is 4.66. The Morgan fingerprint density at radius 1 is 1.21 bits per heavy atom. The Morgan fingerprint density at radius 3 is 2.37 bits per heavy atom. The zero-order chi connectivity index (χ0) is 14.4. The summed E-state index contributed by atoms with van der Waals surface area (Å²) >= 11 is 6.10. The molecule has 0 fully saturated rings. The summed E-state index contributed by atoms with van der Waals surface area (Å²) < 4.78 is 0. The van der Waals surface area contributed by atoms with Crippen LogP contribution < -0.4 is 0 Å².